The number of aliphatic carboxylic acids is 1. The topological polar surface area (TPSA) is 46.5 Å². The first-order chi connectivity index (χ1) is 7.10. The number of carbonyl (C=O) groups is 1. The lowest BCUT2D eigenvalue weighted by molar-refractivity contribution is -0.138. The first kappa shape index (κ1) is 11.6. The lowest BCUT2D eigenvalue weighted by Crippen LogP contribution is -2.09. The van der Waals surface area contributed by atoms with Gasteiger partial charge in [0.25, 0.3) is 0 Å². The molecule has 1 rings (SSSR count). The van der Waals surface area contributed by atoms with Gasteiger partial charge in [-0.1, -0.05) is 19.1 Å². The summed E-state index contributed by atoms with van der Waals surface area (Å²) in [6, 6.07) is 5.68. The molecule has 1 aromatic rings. The Hall–Kier alpha value is -1.51. The Morgan fingerprint density at radius 2 is 2.20 bits per heavy atom. The highest BCUT2D eigenvalue weighted by molar-refractivity contribution is 5.76. The van der Waals surface area contributed by atoms with Crippen molar-refractivity contribution in [1.82, 2.24) is 0 Å². The molecular weight excluding hydrogens is 192 g/mol. The van der Waals surface area contributed by atoms with Gasteiger partial charge in [-0.2, -0.15) is 0 Å². The second-order valence-corrected chi connectivity index (χ2v) is 3.49. The van der Waals surface area contributed by atoms with Crippen molar-refractivity contribution in [3.05, 3.63) is 29.3 Å². The highest BCUT2D eigenvalue weighted by Crippen LogP contribution is 2.27. The molecule has 0 spiro atoms. The number of aryl methyl sites for hydroxylation is 1. The molecule has 0 saturated carbocycles. The largest absolute Gasteiger partial charge is 0.496 e. The Balaban J connectivity index is 3.16. The summed E-state index contributed by atoms with van der Waals surface area (Å²) in [5.41, 5.74) is 1.86. The molecule has 1 N–H and O–H groups in total. The second-order valence-electron chi connectivity index (χ2n) is 3.49. The van der Waals surface area contributed by atoms with Crippen molar-refractivity contribution >= 4 is 5.97 Å². The minimum atomic E-state index is -0.832. The summed E-state index contributed by atoms with van der Waals surface area (Å²) in [5, 5.41) is 8.96. The number of rotatable bonds is 4. The van der Waals surface area contributed by atoms with Crippen molar-refractivity contribution in [2.45, 2.75) is 26.2 Å². The Kier molecular flexibility index (Phi) is 3.72. The molecule has 15 heavy (non-hydrogen) atoms. The van der Waals surface area contributed by atoms with E-state index in [4.69, 9.17) is 9.84 Å². The summed E-state index contributed by atoms with van der Waals surface area (Å²) in [4.78, 5) is 10.9. The van der Waals surface area contributed by atoms with Gasteiger partial charge in [-0.3, -0.25) is 4.79 Å². The standard InChI is InChI=1S/C12H16O3/c1-4-9-5-6-11(15-3)10(7-9)8(2)12(13)14/h5-8H,4H2,1-3H3,(H,13,14). The number of hydrogen-bond donors (Lipinski definition) is 1. The van der Waals surface area contributed by atoms with Crippen molar-refractivity contribution < 1.29 is 14.6 Å². The van der Waals surface area contributed by atoms with Gasteiger partial charge in [-0.05, 0) is 25.0 Å². The normalized spacial score (nSPS) is 12.2. The highest BCUT2D eigenvalue weighted by atomic mass is 16.5. The third kappa shape index (κ3) is 2.49. The van der Waals surface area contributed by atoms with Crippen molar-refractivity contribution in [3.63, 3.8) is 0 Å². The zero-order valence-corrected chi connectivity index (χ0v) is 9.28. The molecule has 1 atom stereocenters. The Bertz CT molecular complexity index is 358. The van der Waals surface area contributed by atoms with Crippen LogP contribution in [0.15, 0.2) is 18.2 Å². The van der Waals surface area contributed by atoms with Crippen LogP contribution in [0.3, 0.4) is 0 Å². The molecule has 0 aromatic heterocycles. The minimum Gasteiger partial charge on any atom is -0.496 e. The summed E-state index contributed by atoms with van der Waals surface area (Å²) in [5.74, 6) is -0.727. The Morgan fingerprint density at radius 3 is 2.67 bits per heavy atom. The molecule has 0 aliphatic heterocycles. The van der Waals surface area contributed by atoms with E-state index < -0.39 is 11.9 Å². The van der Waals surface area contributed by atoms with Crippen LogP contribution in [-0.2, 0) is 11.2 Å². The zero-order chi connectivity index (χ0) is 11.4. The van der Waals surface area contributed by atoms with Gasteiger partial charge in [0.15, 0.2) is 0 Å². The van der Waals surface area contributed by atoms with Crippen molar-refractivity contribution in [2.75, 3.05) is 7.11 Å². The maximum Gasteiger partial charge on any atom is 0.310 e. The van der Waals surface area contributed by atoms with Gasteiger partial charge in [-0.15, -0.1) is 0 Å². The summed E-state index contributed by atoms with van der Waals surface area (Å²) < 4.78 is 5.15. The molecule has 0 heterocycles. The van der Waals surface area contributed by atoms with E-state index in [2.05, 4.69) is 0 Å². The van der Waals surface area contributed by atoms with E-state index in [1.165, 1.54) is 0 Å². The number of ether oxygens (including phenoxy) is 1. The number of carboxylic acid groups (broad SMARTS) is 1. The number of carboxylic acids is 1. The molecule has 0 radical (unpaired) electrons. The molecule has 0 aliphatic rings. The summed E-state index contributed by atoms with van der Waals surface area (Å²) in [6.45, 7) is 3.71. The molecule has 0 fully saturated rings. The van der Waals surface area contributed by atoms with Crippen LogP contribution in [0, 0.1) is 0 Å². The fourth-order valence-corrected chi connectivity index (χ4v) is 1.48. The predicted molar refractivity (Wildman–Crippen MR) is 58.4 cm³/mol. The molecule has 3 nitrogen and oxygen atoms in total. The highest BCUT2D eigenvalue weighted by Gasteiger charge is 2.18. The average Bonchev–Trinajstić information content (AvgIpc) is 2.27. The van der Waals surface area contributed by atoms with Crippen molar-refractivity contribution in [3.8, 4) is 5.75 Å². The van der Waals surface area contributed by atoms with Crippen LogP contribution in [-0.4, -0.2) is 18.2 Å². The van der Waals surface area contributed by atoms with Crippen LogP contribution in [0.1, 0.15) is 30.9 Å². The Labute approximate surface area is 89.7 Å². The molecule has 3 heteroatoms. The minimum absolute atomic E-state index is 0.536. The van der Waals surface area contributed by atoms with Gasteiger partial charge in [0.05, 0.1) is 13.0 Å². The number of hydrogen-bond acceptors (Lipinski definition) is 2. The number of benzene rings is 1. The molecular formula is C12H16O3. The van der Waals surface area contributed by atoms with Gasteiger partial charge in [-0.25, -0.2) is 0 Å². The third-order valence-corrected chi connectivity index (χ3v) is 2.54. The van der Waals surface area contributed by atoms with Crippen molar-refractivity contribution in [1.29, 1.82) is 0 Å². The average molecular weight is 208 g/mol. The first-order valence-corrected chi connectivity index (χ1v) is 4.99. The second kappa shape index (κ2) is 4.82. The van der Waals surface area contributed by atoms with E-state index in [0.29, 0.717) is 5.75 Å². The van der Waals surface area contributed by atoms with Crippen LogP contribution in [0.25, 0.3) is 0 Å². The molecule has 0 aliphatic carbocycles. The number of methoxy groups -OCH3 is 1. The Morgan fingerprint density at radius 1 is 1.53 bits per heavy atom. The molecule has 0 saturated heterocycles. The molecule has 82 valence electrons. The molecule has 0 bridgehead atoms. The van der Waals surface area contributed by atoms with E-state index in [0.717, 1.165) is 17.5 Å². The lowest BCUT2D eigenvalue weighted by atomic mass is 9.97. The smallest absolute Gasteiger partial charge is 0.310 e. The van der Waals surface area contributed by atoms with Gasteiger partial charge in [0.2, 0.25) is 0 Å². The maximum absolute atomic E-state index is 10.9. The lowest BCUT2D eigenvalue weighted by Gasteiger charge is -2.13. The van der Waals surface area contributed by atoms with Gasteiger partial charge >= 0.3 is 5.97 Å². The van der Waals surface area contributed by atoms with Crippen LogP contribution in [0.5, 0.6) is 5.75 Å². The zero-order valence-electron chi connectivity index (χ0n) is 9.28. The maximum atomic E-state index is 10.9. The van der Waals surface area contributed by atoms with Gasteiger partial charge in [0.1, 0.15) is 5.75 Å². The van der Waals surface area contributed by atoms with E-state index in [9.17, 15) is 4.79 Å². The van der Waals surface area contributed by atoms with E-state index >= 15 is 0 Å². The monoisotopic (exact) mass is 208 g/mol. The molecule has 1 aromatic carbocycles. The summed E-state index contributed by atoms with van der Waals surface area (Å²) in [7, 11) is 1.55. The van der Waals surface area contributed by atoms with Crippen LogP contribution < -0.4 is 4.74 Å². The molecule has 1 unspecified atom stereocenters. The van der Waals surface area contributed by atoms with Crippen LogP contribution >= 0.6 is 0 Å². The summed E-state index contributed by atoms with van der Waals surface area (Å²) >= 11 is 0. The van der Waals surface area contributed by atoms with E-state index in [1.54, 1.807) is 14.0 Å². The fraction of sp³-hybridized carbons (Fsp3) is 0.417. The van der Waals surface area contributed by atoms with Crippen molar-refractivity contribution in [2.24, 2.45) is 0 Å². The van der Waals surface area contributed by atoms with Crippen LogP contribution in [0.2, 0.25) is 0 Å². The van der Waals surface area contributed by atoms with Gasteiger partial charge in [0, 0.05) is 5.56 Å². The van der Waals surface area contributed by atoms with E-state index in [-0.39, 0.29) is 0 Å². The predicted octanol–water partition coefficient (Wildman–Crippen LogP) is 2.45. The fourth-order valence-electron chi connectivity index (χ4n) is 1.48. The van der Waals surface area contributed by atoms with E-state index in [1.807, 2.05) is 25.1 Å². The quantitative estimate of drug-likeness (QED) is 0.826. The molecule has 0 amide bonds. The van der Waals surface area contributed by atoms with Crippen LogP contribution in [0.4, 0.5) is 0 Å². The summed E-state index contributed by atoms with van der Waals surface area (Å²) in [6.07, 6.45) is 0.892. The SMILES string of the molecule is CCc1ccc(OC)c(C(C)C(=O)O)c1. The third-order valence-electron chi connectivity index (χ3n) is 2.54. The van der Waals surface area contributed by atoms with Gasteiger partial charge < -0.3 is 9.84 Å². The first-order valence-electron chi connectivity index (χ1n) is 4.99.